The molecule has 0 saturated heterocycles. The van der Waals surface area contributed by atoms with E-state index < -0.39 is 15.8 Å². The minimum Gasteiger partial charge on any atom is -0.490 e. The molecule has 0 unspecified atom stereocenters. The summed E-state index contributed by atoms with van der Waals surface area (Å²) in [5, 5.41) is 6.10. The van der Waals surface area contributed by atoms with Gasteiger partial charge >= 0.3 is 0 Å². The van der Waals surface area contributed by atoms with Crippen LogP contribution < -0.4 is 14.8 Å². The number of nitrogens with two attached hydrogens (primary N) is 1. The van der Waals surface area contributed by atoms with Crippen LogP contribution in [0.4, 0.5) is 5.69 Å². The van der Waals surface area contributed by atoms with Crippen molar-refractivity contribution in [3.8, 4) is 5.75 Å². The van der Waals surface area contributed by atoms with E-state index in [2.05, 4.69) is 46.5 Å². The molecule has 220 valence electrons. The summed E-state index contributed by atoms with van der Waals surface area (Å²) in [5.41, 5.74) is 5.26. The second kappa shape index (κ2) is 11.2. The molecule has 2 aliphatic heterocycles. The molecule has 1 saturated carbocycles. The molecule has 0 radical (unpaired) electrons. The number of benzene rings is 2. The molecule has 7 nitrogen and oxygen atoms in total. The highest BCUT2D eigenvalue weighted by Gasteiger charge is 2.44. The standard InChI is InChI=1S/C33H43N3O4S/c1-22-9-13-28-24(16-22)7-5-15-33(28)20-36-18-26-10-12-27(26)30(39-3)8-4-6-23(2)19-41(34,38)35-32(37)25-11-14-31(40-21-33)29(36)17-25/h4,8-9,11,13-14,16-17,23,26-27,30H,5-7,10,12,15,18-21H2,1-3H3,(H2,34,35,37,38)/b8-4+/t23-,26-,27+,30-,33-,41+/m0/s1. The van der Waals surface area contributed by atoms with E-state index in [-0.39, 0.29) is 23.2 Å². The maximum absolute atomic E-state index is 13.3. The first-order chi connectivity index (χ1) is 19.7. The molecule has 6 rings (SSSR count). The molecule has 2 bridgehead atoms. The molecule has 2 aromatic rings. The van der Waals surface area contributed by atoms with Crippen LogP contribution in [0.3, 0.4) is 0 Å². The van der Waals surface area contributed by atoms with Crippen LogP contribution >= 0.6 is 0 Å². The van der Waals surface area contributed by atoms with E-state index in [9.17, 15) is 9.00 Å². The van der Waals surface area contributed by atoms with Gasteiger partial charge in [-0.05, 0) is 92.5 Å². The molecule has 1 spiro atoms. The molecule has 2 aliphatic carbocycles. The number of anilines is 1. The number of allylic oxidation sites excluding steroid dienone is 1. The summed E-state index contributed by atoms with van der Waals surface area (Å²) in [5.74, 6) is 1.31. The minimum atomic E-state index is -3.17. The predicted octanol–water partition coefficient (Wildman–Crippen LogP) is 5.59. The van der Waals surface area contributed by atoms with Crippen molar-refractivity contribution in [1.82, 2.24) is 0 Å². The highest BCUT2D eigenvalue weighted by Crippen LogP contribution is 2.46. The van der Waals surface area contributed by atoms with Gasteiger partial charge in [-0.2, -0.15) is 0 Å². The lowest BCUT2D eigenvalue weighted by Crippen LogP contribution is -2.49. The smallest absolute Gasteiger partial charge is 0.286 e. The third kappa shape index (κ3) is 5.71. The van der Waals surface area contributed by atoms with Gasteiger partial charge in [0.05, 0.1) is 18.4 Å². The van der Waals surface area contributed by atoms with Gasteiger partial charge in [-0.3, -0.25) is 4.79 Å². The Kier molecular flexibility index (Phi) is 7.76. The molecule has 2 heterocycles. The summed E-state index contributed by atoms with van der Waals surface area (Å²) in [6.45, 7) is 6.42. The number of fused-ring (bicyclic) bond motifs is 4. The number of nitrogens with zero attached hydrogens (tertiary/aromatic N) is 2. The zero-order valence-electron chi connectivity index (χ0n) is 24.5. The topological polar surface area (TPSA) is 94.2 Å². The fraction of sp³-hybridized carbons (Fsp3) is 0.545. The van der Waals surface area contributed by atoms with E-state index >= 15 is 0 Å². The largest absolute Gasteiger partial charge is 0.490 e. The first-order valence-electron chi connectivity index (χ1n) is 15.0. The van der Waals surface area contributed by atoms with Crippen LogP contribution in [0.15, 0.2) is 52.9 Å². The van der Waals surface area contributed by atoms with Crippen molar-refractivity contribution in [3.63, 3.8) is 0 Å². The van der Waals surface area contributed by atoms with Crippen LogP contribution in [0.2, 0.25) is 0 Å². The highest BCUT2D eigenvalue weighted by atomic mass is 32.2. The van der Waals surface area contributed by atoms with Gasteiger partial charge < -0.3 is 14.4 Å². The van der Waals surface area contributed by atoms with Crippen molar-refractivity contribution in [3.05, 3.63) is 70.8 Å². The van der Waals surface area contributed by atoms with E-state index in [0.29, 0.717) is 30.4 Å². The summed E-state index contributed by atoms with van der Waals surface area (Å²) in [7, 11) is -1.38. The minimum absolute atomic E-state index is 0.0252. The number of aryl methyl sites for hydroxylation is 2. The number of amides is 1. The molecular formula is C33H43N3O4S. The Morgan fingerprint density at radius 2 is 2.05 bits per heavy atom. The lowest BCUT2D eigenvalue weighted by Gasteiger charge is -2.46. The van der Waals surface area contributed by atoms with Gasteiger partial charge in [-0.1, -0.05) is 42.8 Å². The summed E-state index contributed by atoms with van der Waals surface area (Å²) in [6, 6.07) is 12.4. The van der Waals surface area contributed by atoms with Crippen LogP contribution in [0.25, 0.3) is 0 Å². The summed E-state index contributed by atoms with van der Waals surface area (Å²) >= 11 is 0. The van der Waals surface area contributed by atoms with Gasteiger partial charge in [-0.25, -0.2) is 9.35 Å². The fourth-order valence-electron chi connectivity index (χ4n) is 7.49. The van der Waals surface area contributed by atoms with Gasteiger partial charge in [0, 0.05) is 36.9 Å². The molecule has 8 heteroatoms. The predicted molar refractivity (Wildman–Crippen MR) is 164 cm³/mol. The number of rotatable bonds is 1. The van der Waals surface area contributed by atoms with Gasteiger partial charge in [0.2, 0.25) is 0 Å². The van der Waals surface area contributed by atoms with Crippen LogP contribution in [-0.2, 0) is 26.5 Å². The number of hydrogen-bond donors (Lipinski definition) is 1. The fourth-order valence-corrected chi connectivity index (χ4v) is 8.90. The average Bonchev–Trinajstić information content (AvgIpc) is 3.06. The number of ether oxygens (including phenoxy) is 2. The van der Waals surface area contributed by atoms with E-state index in [1.165, 1.54) is 16.7 Å². The molecule has 41 heavy (non-hydrogen) atoms. The van der Waals surface area contributed by atoms with Crippen LogP contribution in [-0.4, -0.2) is 48.8 Å². The maximum Gasteiger partial charge on any atom is 0.286 e. The zero-order chi connectivity index (χ0) is 28.8. The summed E-state index contributed by atoms with van der Waals surface area (Å²) < 4.78 is 29.8. The highest BCUT2D eigenvalue weighted by molar-refractivity contribution is 7.91. The number of carbonyl (C=O) groups excluding carboxylic acids is 1. The Balaban J connectivity index is 1.44. The van der Waals surface area contributed by atoms with E-state index in [4.69, 9.17) is 14.6 Å². The van der Waals surface area contributed by atoms with E-state index in [0.717, 1.165) is 56.6 Å². The maximum atomic E-state index is 13.3. The quantitative estimate of drug-likeness (QED) is 0.446. The van der Waals surface area contributed by atoms with Crippen molar-refractivity contribution < 1.29 is 18.5 Å². The molecule has 2 N–H and O–H groups in total. The molecule has 1 amide bonds. The molecular weight excluding hydrogens is 534 g/mol. The second-order valence-corrected chi connectivity index (χ2v) is 14.8. The SMILES string of the molecule is CO[C@H]1/C=C/C[C@H](C)C[S@](N)(=O)=NC(=O)c2ccc3c(c2)N(C[C@@H]2CC[C@H]21)C[C@@]1(CCCc2cc(C)ccc21)CO3. The lowest BCUT2D eigenvalue weighted by molar-refractivity contribution is 0.0131. The first kappa shape index (κ1) is 28.4. The van der Waals surface area contributed by atoms with Gasteiger partial charge in [0.15, 0.2) is 0 Å². The number of methoxy groups -OCH3 is 1. The number of carbonyl (C=O) groups is 1. The molecule has 0 aromatic heterocycles. The van der Waals surface area contributed by atoms with Crippen molar-refractivity contribution in [2.24, 2.45) is 27.3 Å². The zero-order valence-corrected chi connectivity index (χ0v) is 25.3. The second-order valence-electron chi connectivity index (χ2n) is 12.9. The van der Waals surface area contributed by atoms with Gasteiger partial charge in [0.1, 0.15) is 15.7 Å². The van der Waals surface area contributed by atoms with Gasteiger partial charge in [-0.15, -0.1) is 4.36 Å². The van der Waals surface area contributed by atoms with Crippen molar-refractivity contribution in [2.75, 3.05) is 37.5 Å². The van der Waals surface area contributed by atoms with E-state index in [1.54, 1.807) is 13.2 Å². The molecule has 2 aromatic carbocycles. The van der Waals surface area contributed by atoms with Crippen LogP contribution in [0.5, 0.6) is 5.75 Å². The summed E-state index contributed by atoms with van der Waals surface area (Å²) in [4.78, 5) is 15.7. The monoisotopic (exact) mass is 577 g/mol. The Hall–Kier alpha value is -2.68. The number of hydrogen-bond acceptors (Lipinski definition) is 5. The Bertz CT molecular complexity index is 1480. The van der Waals surface area contributed by atoms with Crippen LogP contribution in [0.1, 0.15) is 66.1 Å². The summed E-state index contributed by atoms with van der Waals surface area (Å²) in [6.07, 6.45) is 10.6. The Labute approximate surface area is 244 Å². The first-order valence-corrected chi connectivity index (χ1v) is 16.8. The molecule has 1 fully saturated rings. The Morgan fingerprint density at radius 1 is 1.20 bits per heavy atom. The van der Waals surface area contributed by atoms with Crippen molar-refractivity contribution in [1.29, 1.82) is 0 Å². The third-order valence-corrected chi connectivity index (χ3v) is 11.2. The average molecular weight is 578 g/mol. The van der Waals surface area contributed by atoms with Crippen molar-refractivity contribution in [2.45, 2.75) is 63.9 Å². The van der Waals surface area contributed by atoms with Gasteiger partial charge in [0.25, 0.3) is 5.91 Å². The Morgan fingerprint density at radius 3 is 2.83 bits per heavy atom. The third-order valence-electron chi connectivity index (χ3n) is 9.73. The lowest BCUT2D eigenvalue weighted by atomic mass is 9.68. The normalized spacial score (nSPS) is 34.3. The molecule has 6 atom stereocenters. The van der Waals surface area contributed by atoms with E-state index in [1.807, 2.05) is 19.1 Å². The van der Waals surface area contributed by atoms with Crippen LogP contribution in [0, 0.1) is 24.7 Å². The molecule has 4 aliphatic rings. The van der Waals surface area contributed by atoms with Crippen molar-refractivity contribution >= 4 is 21.5 Å².